The summed E-state index contributed by atoms with van der Waals surface area (Å²) in [6.45, 7) is 0.184. The third-order valence-corrected chi connectivity index (χ3v) is 1.13. The summed E-state index contributed by atoms with van der Waals surface area (Å²) in [5.74, 6) is 0. The molecule has 0 aliphatic heterocycles. The van der Waals surface area contributed by atoms with E-state index in [1.54, 1.807) is 6.32 Å². The van der Waals surface area contributed by atoms with Crippen LogP contribution in [0.5, 0.6) is 0 Å². The van der Waals surface area contributed by atoms with Gasteiger partial charge in [-0.3, -0.25) is 0 Å². The Kier molecular flexibility index (Phi) is 1.11. The highest BCUT2D eigenvalue weighted by Gasteiger charge is 2.29. The average Bonchev–Trinajstić information content (AvgIpc) is 2.43. The Balaban J connectivity index is 2.32. The summed E-state index contributed by atoms with van der Waals surface area (Å²) < 4.78 is 0. The lowest BCUT2D eigenvalue weighted by atomic mass is 10.0. The first-order chi connectivity index (χ1) is 3.38. The SMILES string of the molecule is [B][CH+]C1=C(CO)C1. The van der Waals surface area contributed by atoms with E-state index >= 15 is 0 Å². The predicted molar refractivity (Wildman–Crippen MR) is 28.8 cm³/mol. The third-order valence-electron chi connectivity index (χ3n) is 1.13. The van der Waals surface area contributed by atoms with E-state index in [-0.39, 0.29) is 6.61 Å². The van der Waals surface area contributed by atoms with Crippen molar-refractivity contribution >= 4 is 7.85 Å². The number of allylic oxidation sites excluding steroid dienone is 1. The van der Waals surface area contributed by atoms with Crippen molar-refractivity contribution in [1.82, 2.24) is 0 Å². The van der Waals surface area contributed by atoms with Crippen LogP contribution in [0.3, 0.4) is 0 Å². The van der Waals surface area contributed by atoms with Crippen molar-refractivity contribution in [1.29, 1.82) is 0 Å². The molecule has 1 rings (SSSR count). The molecule has 0 spiro atoms. The Morgan fingerprint density at radius 1 is 1.86 bits per heavy atom. The predicted octanol–water partition coefficient (Wildman–Crippen LogP) is 0.00929. The van der Waals surface area contributed by atoms with Gasteiger partial charge in [0.25, 0.3) is 7.85 Å². The largest absolute Gasteiger partial charge is 0.373 e. The lowest BCUT2D eigenvalue weighted by Crippen LogP contribution is -1.71. The standard InChI is InChI=1S/C5H6BO/c6-2-4-1-5(4)3-7/h2,7H,1,3H2/q+1. The Hall–Kier alpha value is -0.365. The maximum Gasteiger partial charge on any atom is 0.263 e. The minimum atomic E-state index is 0.184. The molecule has 0 aromatic carbocycles. The normalized spacial score (nSPS) is 17.3. The molecule has 0 atom stereocenters. The molecule has 34 valence electrons. The first-order valence-corrected chi connectivity index (χ1v) is 2.25. The molecule has 0 bridgehead atoms. The van der Waals surface area contributed by atoms with Crippen LogP contribution in [-0.2, 0) is 0 Å². The maximum atomic E-state index is 8.37. The summed E-state index contributed by atoms with van der Waals surface area (Å²) in [4.78, 5) is 0. The van der Waals surface area contributed by atoms with Crippen LogP contribution < -0.4 is 0 Å². The fourth-order valence-corrected chi connectivity index (χ4v) is 0.520. The van der Waals surface area contributed by atoms with Gasteiger partial charge in [-0.2, -0.15) is 0 Å². The van der Waals surface area contributed by atoms with Crippen molar-refractivity contribution in [2.24, 2.45) is 0 Å². The molecule has 0 aromatic rings. The monoisotopic (exact) mass is 93.1 g/mol. The van der Waals surface area contributed by atoms with Crippen molar-refractivity contribution in [2.75, 3.05) is 6.61 Å². The molecule has 2 radical (unpaired) electrons. The molecule has 2 heteroatoms. The Morgan fingerprint density at radius 2 is 2.57 bits per heavy atom. The molecule has 1 N–H and O–H groups in total. The molecule has 1 aliphatic rings. The van der Waals surface area contributed by atoms with E-state index in [2.05, 4.69) is 0 Å². The Morgan fingerprint density at radius 3 is 2.71 bits per heavy atom. The van der Waals surface area contributed by atoms with E-state index in [0.717, 1.165) is 17.6 Å². The summed E-state index contributed by atoms with van der Waals surface area (Å²) in [6.07, 6.45) is 2.47. The first-order valence-electron chi connectivity index (χ1n) is 2.25. The molecule has 0 saturated carbocycles. The van der Waals surface area contributed by atoms with Crippen LogP contribution in [-0.4, -0.2) is 19.6 Å². The van der Waals surface area contributed by atoms with Crippen LogP contribution in [0.1, 0.15) is 6.42 Å². The van der Waals surface area contributed by atoms with Gasteiger partial charge >= 0.3 is 0 Å². The van der Waals surface area contributed by atoms with Crippen LogP contribution in [0.2, 0.25) is 0 Å². The molecular formula is C5H6BO+. The zero-order valence-electron chi connectivity index (χ0n) is 4.02. The molecule has 1 nitrogen and oxygen atoms in total. The molecule has 7 heavy (non-hydrogen) atoms. The van der Waals surface area contributed by atoms with Crippen molar-refractivity contribution in [3.8, 4) is 0 Å². The van der Waals surface area contributed by atoms with Crippen LogP contribution in [0.4, 0.5) is 0 Å². The first kappa shape index (κ1) is 4.79. The lowest BCUT2D eigenvalue weighted by Gasteiger charge is -1.62. The molecule has 0 saturated heterocycles. The van der Waals surface area contributed by atoms with Gasteiger partial charge in [0, 0.05) is 0 Å². The van der Waals surface area contributed by atoms with E-state index in [4.69, 9.17) is 13.0 Å². The topological polar surface area (TPSA) is 20.2 Å². The highest BCUT2D eigenvalue weighted by molar-refractivity contribution is 6.17. The van der Waals surface area contributed by atoms with E-state index in [1.807, 2.05) is 0 Å². The van der Waals surface area contributed by atoms with Gasteiger partial charge in [-0.1, -0.05) is 0 Å². The zero-order chi connectivity index (χ0) is 5.28. The molecule has 0 aromatic heterocycles. The van der Waals surface area contributed by atoms with Crippen LogP contribution >= 0.6 is 0 Å². The molecular weight excluding hydrogens is 86.9 g/mol. The fraction of sp³-hybridized carbons (Fsp3) is 0.400. The van der Waals surface area contributed by atoms with Gasteiger partial charge < -0.3 is 5.11 Å². The summed E-state index contributed by atoms with van der Waals surface area (Å²) >= 11 is 0. The van der Waals surface area contributed by atoms with Gasteiger partial charge in [-0.15, -0.1) is 0 Å². The third kappa shape index (κ3) is 0.802. The van der Waals surface area contributed by atoms with Crippen molar-refractivity contribution in [3.05, 3.63) is 17.5 Å². The van der Waals surface area contributed by atoms with Crippen LogP contribution in [0.25, 0.3) is 0 Å². The van der Waals surface area contributed by atoms with Crippen molar-refractivity contribution < 1.29 is 5.11 Å². The van der Waals surface area contributed by atoms with E-state index in [9.17, 15) is 0 Å². The Labute approximate surface area is 44.4 Å². The van der Waals surface area contributed by atoms with Gasteiger partial charge in [0.1, 0.15) is 12.2 Å². The summed E-state index contributed by atoms with van der Waals surface area (Å²) in [5, 5.41) is 8.37. The van der Waals surface area contributed by atoms with Crippen LogP contribution in [0, 0.1) is 6.32 Å². The van der Waals surface area contributed by atoms with Gasteiger partial charge in [0.2, 0.25) is 0 Å². The van der Waals surface area contributed by atoms with Gasteiger partial charge in [-0.05, 0) is 6.32 Å². The number of rotatable bonds is 2. The number of hydrogen-bond donors (Lipinski definition) is 1. The zero-order valence-corrected chi connectivity index (χ0v) is 4.02. The van der Waals surface area contributed by atoms with E-state index < -0.39 is 0 Å². The minimum Gasteiger partial charge on any atom is -0.373 e. The van der Waals surface area contributed by atoms with Gasteiger partial charge in [0.15, 0.2) is 0 Å². The summed E-state index contributed by atoms with van der Waals surface area (Å²) in [5.41, 5.74) is 2.20. The summed E-state index contributed by atoms with van der Waals surface area (Å²) in [7, 11) is 5.11. The molecule has 1 aliphatic carbocycles. The van der Waals surface area contributed by atoms with Crippen LogP contribution in [0.15, 0.2) is 11.1 Å². The highest BCUT2D eigenvalue weighted by atomic mass is 16.3. The Bertz CT molecular complexity index is 94.6. The highest BCUT2D eigenvalue weighted by Crippen LogP contribution is 2.30. The second-order valence-corrected chi connectivity index (χ2v) is 1.63. The van der Waals surface area contributed by atoms with Crippen molar-refractivity contribution in [2.45, 2.75) is 6.42 Å². The average molecular weight is 92.9 g/mol. The number of aliphatic hydroxyl groups is 1. The number of hydrogen-bond acceptors (Lipinski definition) is 1. The molecule has 0 unspecified atom stereocenters. The quantitative estimate of drug-likeness (QED) is 0.376. The minimum absolute atomic E-state index is 0.184. The smallest absolute Gasteiger partial charge is 0.263 e. The second kappa shape index (κ2) is 1.62. The number of aliphatic hydroxyl groups excluding tert-OH is 1. The van der Waals surface area contributed by atoms with E-state index in [1.165, 1.54) is 0 Å². The molecule has 0 heterocycles. The second-order valence-electron chi connectivity index (χ2n) is 1.63. The molecule has 0 amide bonds. The van der Waals surface area contributed by atoms with Crippen molar-refractivity contribution in [3.63, 3.8) is 0 Å². The van der Waals surface area contributed by atoms with E-state index in [0.29, 0.717) is 0 Å². The summed E-state index contributed by atoms with van der Waals surface area (Å²) in [6, 6.07) is 0. The fourth-order valence-electron chi connectivity index (χ4n) is 0.520. The van der Waals surface area contributed by atoms with Gasteiger partial charge in [0.05, 0.1) is 12.0 Å². The van der Waals surface area contributed by atoms with Gasteiger partial charge in [-0.25, -0.2) is 0 Å². The maximum absolute atomic E-state index is 8.37. The molecule has 0 fully saturated rings. The lowest BCUT2D eigenvalue weighted by molar-refractivity contribution is 0.335.